The second-order valence-corrected chi connectivity index (χ2v) is 8.41. The van der Waals surface area contributed by atoms with E-state index in [0.29, 0.717) is 10.6 Å². The molecule has 26 heavy (non-hydrogen) atoms. The molecule has 3 aromatic rings. The quantitative estimate of drug-likeness (QED) is 0.690. The molecule has 0 saturated carbocycles. The third kappa shape index (κ3) is 2.73. The second kappa shape index (κ2) is 6.16. The van der Waals surface area contributed by atoms with Crippen LogP contribution in [0, 0.1) is 18.3 Å². The van der Waals surface area contributed by atoms with Gasteiger partial charge < -0.3 is 0 Å². The summed E-state index contributed by atoms with van der Waals surface area (Å²) >= 11 is 1.33. The fraction of sp³-hybridized carbons (Fsp3) is 0.105. The molecule has 0 N–H and O–H groups in total. The lowest BCUT2D eigenvalue weighted by atomic mass is 9.98. The molecule has 0 spiro atoms. The monoisotopic (exact) mass is 379 g/mol. The van der Waals surface area contributed by atoms with Crippen molar-refractivity contribution < 1.29 is 8.42 Å². The van der Waals surface area contributed by atoms with Crippen LogP contribution >= 0.6 is 11.3 Å². The highest BCUT2D eigenvalue weighted by Crippen LogP contribution is 2.35. The normalized spacial score (nSPS) is 15.8. The number of sulfonamides is 1. The van der Waals surface area contributed by atoms with Gasteiger partial charge in [-0.1, -0.05) is 48.0 Å². The SMILES string of the molecule is Cc1ccc(-c2csc([C@H](C#N)C3=NS(=O)(=O)c4ccccc43)n2)cc1. The summed E-state index contributed by atoms with van der Waals surface area (Å²) in [6.07, 6.45) is 0. The number of hydrogen-bond acceptors (Lipinski definition) is 5. The first kappa shape index (κ1) is 16.6. The van der Waals surface area contributed by atoms with E-state index in [2.05, 4.69) is 15.5 Å². The molecule has 0 saturated heterocycles. The lowest BCUT2D eigenvalue weighted by Crippen LogP contribution is -2.10. The van der Waals surface area contributed by atoms with Gasteiger partial charge in [0.15, 0.2) is 0 Å². The van der Waals surface area contributed by atoms with Crippen molar-refractivity contribution in [3.05, 3.63) is 70.0 Å². The summed E-state index contributed by atoms with van der Waals surface area (Å²) in [7, 11) is -3.75. The fourth-order valence-electron chi connectivity index (χ4n) is 2.85. The van der Waals surface area contributed by atoms with Gasteiger partial charge in [-0.3, -0.25) is 0 Å². The number of nitrogens with zero attached hydrogens (tertiary/aromatic N) is 3. The van der Waals surface area contributed by atoms with Gasteiger partial charge in [0, 0.05) is 16.5 Å². The second-order valence-electron chi connectivity index (χ2n) is 5.95. The summed E-state index contributed by atoms with van der Waals surface area (Å²) in [5.74, 6) is -0.822. The number of thiazole rings is 1. The molecule has 0 amide bonds. The van der Waals surface area contributed by atoms with Crippen LogP contribution in [0.25, 0.3) is 11.3 Å². The van der Waals surface area contributed by atoms with Crippen LogP contribution in [0.15, 0.2) is 63.2 Å². The molecule has 2 aromatic carbocycles. The molecule has 0 radical (unpaired) electrons. The van der Waals surface area contributed by atoms with Crippen molar-refractivity contribution in [1.82, 2.24) is 4.98 Å². The Morgan fingerprint density at radius 3 is 2.58 bits per heavy atom. The van der Waals surface area contributed by atoms with Crippen molar-refractivity contribution in [2.24, 2.45) is 4.40 Å². The van der Waals surface area contributed by atoms with Crippen LogP contribution in [-0.2, 0) is 10.0 Å². The van der Waals surface area contributed by atoms with Gasteiger partial charge >= 0.3 is 0 Å². The van der Waals surface area contributed by atoms with Crippen molar-refractivity contribution in [3.63, 3.8) is 0 Å². The third-order valence-electron chi connectivity index (χ3n) is 4.18. The van der Waals surface area contributed by atoms with E-state index < -0.39 is 15.9 Å². The van der Waals surface area contributed by atoms with Crippen molar-refractivity contribution in [3.8, 4) is 17.3 Å². The maximum atomic E-state index is 12.3. The Kier molecular flexibility index (Phi) is 3.94. The molecule has 0 unspecified atom stereocenters. The van der Waals surface area contributed by atoms with E-state index in [1.54, 1.807) is 18.2 Å². The van der Waals surface area contributed by atoms with Gasteiger partial charge in [0.05, 0.1) is 22.4 Å². The third-order valence-corrected chi connectivity index (χ3v) is 6.44. The maximum Gasteiger partial charge on any atom is 0.283 e. The average Bonchev–Trinajstić information content (AvgIpc) is 3.21. The van der Waals surface area contributed by atoms with Gasteiger partial charge in [0.2, 0.25) is 0 Å². The molecule has 1 aromatic heterocycles. The average molecular weight is 379 g/mol. The van der Waals surface area contributed by atoms with Gasteiger partial charge in [0.1, 0.15) is 10.9 Å². The summed E-state index contributed by atoms with van der Waals surface area (Å²) in [6.45, 7) is 2.01. The molecule has 1 aliphatic rings. The fourth-order valence-corrected chi connectivity index (χ4v) is 4.98. The molecule has 1 atom stereocenters. The van der Waals surface area contributed by atoms with Crippen molar-refractivity contribution in [2.45, 2.75) is 17.7 Å². The predicted octanol–water partition coefficient (Wildman–Crippen LogP) is 3.92. The Balaban J connectivity index is 1.76. The summed E-state index contributed by atoms with van der Waals surface area (Å²) < 4.78 is 28.4. The molecule has 4 rings (SSSR count). The van der Waals surface area contributed by atoms with E-state index in [4.69, 9.17) is 0 Å². The minimum absolute atomic E-state index is 0.144. The van der Waals surface area contributed by atoms with E-state index in [1.807, 2.05) is 36.6 Å². The van der Waals surface area contributed by atoms with Crippen molar-refractivity contribution in [2.75, 3.05) is 0 Å². The van der Waals surface area contributed by atoms with Crippen LogP contribution in [0.4, 0.5) is 0 Å². The van der Waals surface area contributed by atoms with Crippen LogP contribution < -0.4 is 0 Å². The van der Waals surface area contributed by atoms with E-state index in [0.717, 1.165) is 16.8 Å². The molecular formula is C19H13N3O2S2. The topological polar surface area (TPSA) is 83.2 Å². The number of benzene rings is 2. The Hall–Kier alpha value is -2.82. The first-order valence-corrected chi connectivity index (χ1v) is 10.2. The number of fused-ring (bicyclic) bond motifs is 1. The highest BCUT2D eigenvalue weighted by Gasteiger charge is 2.34. The van der Waals surface area contributed by atoms with Crippen molar-refractivity contribution in [1.29, 1.82) is 5.26 Å². The van der Waals surface area contributed by atoms with Gasteiger partial charge in [-0.15, -0.1) is 11.3 Å². The van der Waals surface area contributed by atoms with Crippen LogP contribution in [-0.4, -0.2) is 19.1 Å². The minimum atomic E-state index is -3.75. The van der Waals surface area contributed by atoms with E-state index in [-0.39, 0.29) is 10.6 Å². The molecule has 0 fully saturated rings. The Bertz CT molecular complexity index is 1170. The molecule has 2 heterocycles. The van der Waals surface area contributed by atoms with Crippen LogP contribution in [0.1, 0.15) is 22.1 Å². The molecule has 0 aliphatic carbocycles. The number of nitriles is 1. The van der Waals surface area contributed by atoms with Crippen LogP contribution in [0.2, 0.25) is 0 Å². The van der Waals surface area contributed by atoms with Crippen LogP contribution in [0.5, 0.6) is 0 Å². The highest BCUT2D eigenvalue weighted by molar-refractivity contribution is 7.90. The standard InChI is InChI=1S/C19H13N3O2S2/c1-12-6-8-13(9-7-12)16-11-25-19(21-16)15(10-20)18-14-4-2-3-5-17(14)26(23,24)22-18/h2-9,11,15H,1H3/t15-/m1/s1. The first-order valence-electron chi connectivity index (χ1n) is 7.86. The summed E-state index contributed by atoms with van der Waals surface area (Å²) in [4.78, 5) is 4.71. The number of aryl methyl sites for hydroxylation is 1. The first-order chi connectivity index (χ1) is 12.5. The maximum absolute atomic E-state index is 12.3. The summed E-state index contributed by atoms with van der Waals surface area (Å²) in [6, 6.07) is 16.7. The van der Waals surface area contributed by atoms with Gasteiger partial charge in [-0.05, 0) is 13.0 Å². The molecule has 1 aliphatic heterocycles. The van der Waals surface area contributed by atoms with Gasteiger partial charge in [-0.2, -0.15) is 18.1 Å². The smallest absolute Gasteiger partial charge is 0.239 e. The lowest BCUT2D eigenvalue weighted by molar-refractivity contribution is 0.599. The lowest BCUT2D eigenvalue weighted by Gasteiger charge is -2.06. The minimum Gasteiger partial charge on any atom is -0.239 e. The summed E-state index contributed by atoms with van der Waals surface area (Å²) in [5.41, 5.74) is 3.59. The molecule has 0 bridgehead atoms. The number of hydrogen-bond donors (Lipinski definition) is 0. The Morgan fingerprint density at radius 2 is 1.85 bits per heavy atom. The van der Waals surface area contributed by atoms with E-state index >= 15 is 0 Å². The Labute approximate surface area is 155 Å². The zero-order valence-corrected chi connectivity index (χ0v) is 15.4. The largest absolute Gasteiger partial charge is 0.283 e. The molecule has 7 heteroatoms. The zero-order chi connectivity index (χ0) is 18.3. The zero-order valence-electron chi connectivity index (χ0n) is 13.7. The predicted molar refractivity (Wildman–Crippen MR) is 101 cm³/mol. The molecule has 128 valence electrons. The summed E-state index contributed by atoms with van der Waals surface area (Å²) in [5, 5.41) is 12.1. The number of rotatable bonds is 3. The number of aromatic nitrogens is 1. The van der Waals surface area contributed by atoms with E-state index in [9.17, 15) is 13.7 Å². The van der Waals surface area contributed by atoms with Crippen LogP contribution in [0.3, 0.4) is 0 Å². The van der Waals surface area contributed by atoms with Crippen molar-refractivity contribution >= 4 is 27.1 Å². The Morgan fingerprint density at radius 1 is 1.12 bits per heavy atom. The highest BCUT2D eigenvalue weighted by atomic mass is 32.2. The molecular weight excluding hydrogens is 366 g/mol. The van der Waals surface area contributed by atoms with Gasteiger partial charge in [0.25, 0.3) is 10.0 Å². The van der Waals surface area contributed by atoms with E-state index in [1.165, 1.54) is 17.4 Å². The molecule has 5 nitrogen and oxygen atoms in total. The van der Waals surface area contributed by atoms with Gasteiger partial charge in [-0.25, -0.2) is 4.98 Å².